The molecule has 17 nitrogen and oxygen atoms in total. The van der Waals surface area contributed by atoms with Gasteiger partial charge in [0, 0.05) is 25.7 Å². The normalized spacial score (nSPS) is 14.0. The highest BCUT2D eigenvalue weighted by Crippen LogP contribution is 2.45. The number of aliphatic hydroxyl groups excluding tert-OH is 1. The number of esters is 4. The van der Waals surface area contributed by atoms with Gasteiger partial charge in [-0.1, -0.05) is 336 Å². The van der Waals surface area contributed by atoms with Gasteiger partial charge in [0.25, 0.3) is 0 Å². The predicted molar refractivity (Wildman–Crippen MR) is 377 cm³/mol. The van der Waals surface area contributed by atoms with Crippen LogP contribution in [0.1, 0.15) is 388 Å². The lowest BCUT2D eigenvalue weighted by atomic mass is 10.0. The second kappa shape index (κ2) is 67.3. The van der Waals surface area contributed by atoms with Crippen LogP contribution in [0.3, 0.4) is 0 Å². The van der Waals surface area contributed by atoms with Crippen LogP contribution in [0, 0.1) is 5.92 Å². The van der Waals surface area contributed by atoms with Crippen molar-refractivity contribution in [2.75, 3.05) is 39.6 Å². The molecule has 0 aromatic rings. The van der Waals surface area contributed by atoms with Crippen molar-refractivity contribution in [1.82, 2.24) is 0 Å². The van der Waals surface area contributed by atoms with Gasteiger partial charge in [0.15, 0.2) is 12.2 Å². The number of rotatable bonds is 74. The topological polar surface area (TPSA) is 237 Å². The van der Waals surface area contributed by atoms with Crippen LogP contribution in [0.2, 0.25) is 0 Å². The Hall–Kier alpha value is -1.94. The summed E-state index contributed by atoms with van der Waals surface area (Å²) in [5.41, 5.74) is 0. The summed E-state index contributed by atoms with van der Waals surface area (Å²) in [7, 11) is -9.90. The first-order valence-corrected chi connectivity index (χ1v) is 41.6. The average molecular weight is 1370 g/mol. The van der Waals surface area contributed by atoms with Gasteiger partial charge in [0.05, 0.1) is 26.4 Å². The van der Waals surface area contributed by atoms with Gasteiger partial charge in [-0.15, -0.1) is 0 Å². The maximum absolute atomic E-state index is 13.1. The lowest BCUT2D eigenvalue weighted by Gasteiger charge is -2.21. The zero-order valence-electron chi connectivity index (χ0n) is 60.4. The van der Waals surface area contributed by atoms with E-state index in [0.29, 0.717) is 25.7 Å². The summed E-state index contributed by atoms with van der Waals surface area (Å²) >= 11 is 0. The molecule has 0 amide bonds. The smallest absolute Gasteiger partial charge is 0.462 e. The molecule has 0 bridgehead atoms. The largest absolute Gasteiger partial charge is 0.472 e. The first-order valence-electron chi connectivity index (χ1n) is 38.6. The Kier molecular flexibility index (Phi) is 65.9. The lowest BCUT2D eigenvalue weighted by Crippen LogP contribution is -2.30. The summed E-state index contributed by atoms with van der Waals surface area (Å²) in [6.45, 7) is 7.19. The number of unbranched alkanes of at least 4 members (excludes halogenated alkanes) is 46. The molecule has 0 fully saturated rings. The van der Waals surface area contributed by atoms with E-state index in [1.165, 1.54) is 205 Å². The molecule has 0 heterocycles. The van der Waals surface area contributed by atoms with E-state index < -0.39 is 97.5 Å². The summed E-state index contributed by atoms with van der Waals surface area (Å²) in [5.74, 6) is -1.36. The number of hydrogen-bond donors (Lipinski definition) is 3. The van der Waals surface area contributed by atoms with Gasteiger partial charge >= 0.3 is 39.5 Å². The molecular weight excluding hydrogens is 1220 g/mol. The second-order valence-corrected chi connectivity index (χ2v) is 30.1. The number of ether oxygens (including phenoxy) is 4. The Balaban J connectivity index is 5.12. The first kappa shape index (κ1) is 91.1. The molecule has 0 aliphatic heterocycles. The van der Waals surface area contributed by atoms with Crippen molar-refractivity contribution < 1.29 is 80.2 Å². The molecule has 0 aliphatic carbocycles. The van der Waals surface area contributed by atoms with Gasteiger partial charge < -0.3 is 33.8 Å². The summed E-state index contributed by atoms with van der Waals surface area (Å²) in [4.78, 5) is 72.4. The van der Waals surface area contributed by atoms with E-state index >= 15 is 0 Å². The summed E-state index contributed by atoms with van der Waals surface area (Å²) < 4.78 is 68.2. The second-order valence-electron chi connectivity index (χ2n) is 27.2. The minimum Gasteiger partial charge on any atom is -0.462 e. The van der Waals surface area contributed by atoms with E-state index in [4.69, 9.17) is 37.0 Å². The van der Waals surface area contributed by atoms with Crippen molar-refractivity contribution >= 4 is 39.5 Å². The van der Waals surface area contributed by atoms with Crippen molar-refractivity contribution in [2.24, 2.45) is 5.92 Å². The monoisotopic (exact) mass is 1370 g/mol. The molecule has 0 rings (SSSR count). The van der Waals surface area contributed by atoms with Gasteiger partial charge in [-0.05, 0) is 31.6 Å². The first-order chi connectivity index (χ1) is 45.0. The molecule has 3 N–H and O–H groups in total. The highest BCUT2D eigenvalue weighted by atomic mass is 31.2. The van der Waals surface area contributed by atoms with Crippen molar-refractivity contribution in [1.29, 1.82) is 0 Å². The fourth-order valence-corrected chi connectivity index (χ4v) is 12.9. The molecule has 2 unspecified atom stereocenters. The summed E-state index contributed by atoms with van der Waals surface area (Å²) in [5, 5.41) is 10.6. The SMILES string of the molecule is CCCCCCCCCCCCCCCCCCCCCCCC(=O)O[C@H](COC(=O)CCCCCCCCCCCCCC(C)C)COP(=O)(O)OC[C@@H](O)COP(=O)(O)OC[C@@H](COC(=O)CCCCCCC)OC(=O)CCCCCCCCCCCCCCC. The van der Waals surface area contributed by atoms with Crippen LogP contribution in [0.25, 0.3) is 0 Å². The Morgan fingerprint density at radius 3 is 0.731 bits per heavy atom. The Bertz CT molecular complexity index is 1790. The fraction of sp³-hybridized carbons (Fsp3) is 0.946. The zero-order chi connectivity index (χ0) is 68.4. The molecule has 0 spiro atoms. The number of hydrogen-bond acceptors (Lipinski definition) is 15. The van der Waals surface area contributed by atoms with Crippen LogP contribution in [0.15, 0.2) is 0 Å². The lowest BCUT2D eigenvalue weighted by molar-refractivity contribution is -0.161. The fourth-order valence-electron chi connectivity index (χ4n) is 11.4. The van der Waals surface area contributed by atoms with Crippen LogP contribution >= 0.6 is 15.6 Å². The van der Waals surface area contributed by atoms with Crippen LogP contribution < -0.4 is 0 Å². The molecule has 0 saturated heterocycles. The predicted octanol–water partition coefficient (Wildman–Crippen LogP) is 21.7. The minimum absolute atomic E-state index is 0.107. The molecule has 0 aromatic heterocycles. The minimum atomic E-state index is -4.95. The van der Waals surface area contributed by atoms with Crippen LogP contribution in [-0.2, 0) is 65.4 Å². The third kappa shape index (κ3) is 68.4. The highest BCUT2D eigenvalue weighted by molar-refractivity contribution is 7.47. The number of phosphoric ester groups is 2. The molecule has 0 aromatic carbocycles. The molecule has 552 valence electrons. The van der Waals surface area contributed by atoms with Gasteiger partial charge in [-0.2, -0.15) is 0 Å². The van der Waals surface area contributed by atoms with E-state index in [2.05, 4.69) is 34.6 Å². The van der Waals surface area contributed by atoms with E-state index in [1.807, 2.05) is 0 Å². The van der Waals surface area contributed by atoms with E-state index in [0.717, 1.165) is 102 Å². The van der Waals surface area contributed by atoms with Crippen molar-refractivity contribution in [3.05, 3.63) is 0 Å². The maximum Gasteiger partial charge on any atom is 0.472 e. The third-order valence-electron chi connectivity index (χ3n) is 17.3. The molecule has 93 heavy (non-hydrogen) atoms. The molecule has 5 atom stereocenters. The average Bonchev–Trinajstić information content (AvgIpc) is 1.80. The highest BCUT2D eigenvalue weighted by Gasteiger charge is 2.30. The molecule has 0 radical (unpaired) electrons. The van der Waals surface area contributed by atoms with Crippen molar-refractivity contribution in [3.8, 4) is 0 Å². The molecule has 19 heteroatoms. The number of aliphatic hydroxyl groups is 1. The van der Waals surface area contributed by atoms with Crippen LogP contribution in [-0.4, -0.2) is 96.7 Å². The molecular formula is C74H144O17P2. The van der Waals surface area contributed by atoms with Gasteiger partial charge in [0.1, 0.15) is 19.3 Å². The van der Waals surface area contributed by atoms with Gasteiger partial charge in [0.2, 0.25) is 0 Å². The van der Waals surface area contributed by atoms with E-state index in [-0.39, 0.29) is 25.7 Å². The van der Waals surface area contributed by atoms with E-state index in [9.17, 15) is 43.2 Å². The maximum atomic E-state index is 13.1. The van der Waals surface area contributed by atoms with Gasteiger partial charge in [-0.3, -0.25) is 37.3 Å². The zero-order valence-corrected chi connectivity index (χ0v) is 62.2. The van der Waals surface area contributed by atoms with Crippen molar-refractivity contribution in [2.45, 2.75) is 406 Å². The number of carbonyl (C=O) groups excluding carboxylic acids is 4. The Morgan fingerprint density at radius 1 is 0.290 bits per heavy atom. The summed E-state index contributed by atoms with van der Waals surface area (Å²) in [6.07, 6.45) is 56.0. The molecule has 0 aliphatic rings. The number of phosphoric acid groups is 2. The quantitative estimate of drug-likeness (QED) is 0.0222. The Labute approximate surface area is 568 Å². The van der Waals surface area contributed by atoms with Crippen molar-refractivity contribution in [3.63, 3.8) is 0 Å². The standard InChI is InChI=1S/C74H144O17P2/c1-6-9-12-15-17-19-21-23-24-25-26-27-28-29-30-32-36-41-45-50-55-60-74(79)91-70(64-85-72(77)58-53-48-43-39-37-33-34-38-42-47-51-56-67(4)5)66-89-93(82,83)87-62-68(75)61-86-92(80,81)88-65-69(63-84-71(76)57-52-46-14-11-8-3)90-73(78)59-54-49-44-40-35-31-22-20-18-16-13-10-7-2/h67-70,75H,6-66H2,1-5H3,(H,80,81)(H,82,83)/t68-,69+,70+/m0/s1. The third-order valence-corrected chi connectivity index (χ3v) is 19.2. The number of carbonyl (C=O) groups is 4. The van der Waals surface area contributed by atoms with Gasteiger partial charge in [-0.25, -0.2) is 9.13 Å². The molecule has 0 saturated carbocycles. The van der Waals surface area contributed by atoms with Crippen LogP contribution in [0.5, 0.6) is 0 Å². The van der Waals surface area contributed by atoms with E-state index in [1.54, 1.807) is 0 Å². The van der Waals surface area contributed by atoms with Crippen LogP contribution in [0.4, 0.5) is 0 Å². The summed E-state index contributed by atoms with van der Waals surface area (Å²) in [6, 6.07) is 0. The Morgan fingerprint density at radius 2 is 0.495 bits per heavy atom.